The van der Waals surface area contributed by atoms with Crippen LogP contribution in [0.25, 0.3) is 0 Å². The molecule has 3 rings (SSSR count). The number of nitrogens with zero attached hydrogens (tertiary/aromatic N) is 1. The van der Waals surface area contributed by atoms with Crippen molar-refractivity contribution in [2.75, 3.05) is 7.11 Å². The second-order valence-corrected chi connectivity index (χ2v) is 6.50. The smallest absolute Gasteiger partial charge is 0.356 e. The van der Waals surface area contributed by atoms with Crippen LogP contribution < -0.4 is 5.32 Å². The lowest BCUT2D eigenvalue weighted by Gasteiger charge is -2.28. The summed E-state index contributed by atoms with van der Waals surface area (Å²) in [6.07, 6.45) is 5.19. The second kappa shape index (κ2) is 6.07. The normalized spacial score (nSPS) is 27.5. The first-order chi connectivity index (χ1) is 10.6. The molecule has 118 valence electrons. The summed E-state index contributed by atoms with van der Waals surface area (Å²) in [6, 6.07) is 4.96. The lowest BCUT2D eigenvalue weighted by atomic mass is 9.84. The molecule has 2 bridgehead atoms. The predicted molar refractivity (Wildman–Crippen MR) is 81.4 cm³/mol. The number of amides is 1. The zero-order valence-electron chi connectivity index (χ0n) is 13.0. The van der Waals surface area contributed by atoms with Gasteiger partial charge in [-0.1, -0.05) is 12.5 Å². The van der Waals surface area contributed by atoms with E-state index in [1.54, 1.807) is 18.2 Å². The van der Waals surface area contributed by atoms with Gasteiger partial charge in [-0.25, -0.2) is 9.78 Å². The Balaban J connectivity index is 1.65. The lowest BCUT2D eigenvalue weighted by molar-refractivity contribution is 0.0594. The molecule has 0 aromatic carbocycles. The number of esters is 1. The third kappa shape index (κ3) is 2.85. The van der Waals surface area contributed by atoms with Gasteiger partial charge in [0.25, 0.3) is 5.91 Å². The van der Waals surface area contributed by atoms with Crippen molar-refractivity contribution in [1.29, 1.82) is 0 Å². The summed E-state index contributed by atoms with van der Waals surface area (Å²) in [5.74, 6) is 1.44. The minimum absolute atomic E-state index is 0.145. The molecule has 1 amide bonds. The number of carbonyl (C=O) groups excluding carboxylic acids is 2. The predicted octanol–water partition coefficient (Wildman–Crippen LogP) is 2.42. The first-order valence-corrected chi connectivity index (χ1v) is 7.94. The number of aromatic nitrogens is 1. The van der Waals surface area contributed by atoms with Gasteiger partial charge in [0, 0.05) is 6.04 Å². The number of hydrogen-bond acceptors (Lipinski definition) is 4. The van der Waals surface area contributed by atoms with E-state index in [1.807, 2.05) is 0 Å². The van der Waals surface area contributed by atoms with Crippen molar-refractivity contribution in [3.05, 3.63) is 29.6 Å². The number of hydrogen-bond donors (Lipinski definition) is 1. The zero-order chi connectivity index (χ0) is 15.7. The van der Waals surface area contributed by atoms with E-state index < -0.39 is 5.97 Å². The molecule has 4 unspecified atom stereocenters. The maximum absolute atomic E-state index is 12.4. The van der Waals surface area contributed by atoms with Gasteiger partial charge < -0.3 is 10.1 Å². The van der Waals surface area contributed by atoms with Crippen molar-refractivity contribution in [3.8, 4) is 0 Å². The lowest BCUT2D eigenvalue weighted by Crippen LogP contribution is -2.40. The summed E-state index contributed by atoms with van der Waals surface area (Å²) >= 11 is 0. The molecule has 22 heavy (non-hydrogen) atoms. The quantitative estimate of drug-likeness (QED) is 0.867. The number of methoxy groups -OCH3 is 1. The number of carbonyl (C=O) groups is 2. The Hall–Kier alpha value is -1.91. The SMILES string of the molecule is COC(=O)c1cccc(C(=O)NC(C)C2CC3CCC2C3)n1. The van der Waals surface area contributed by atoms with Crippen molar-refractivity contribution in [1.82, 2.24) is 10.3 Å². The Morgan fingerprint density at radius 1 is 1.27 bits per heavy atom. The fourth-order valence-corrected chi connectivity index (χ4v) is 4.07. The highest BCUT2D eigenvalue weighted by atomic mass is 16.5. The van der Waals surface area contributed by atoms with Crippen LogP contribution in [0.2, 0.25) is 0 Å². The second-order valence-electron chi connectivity index (χ2n) is 6.50. The number of rotatable bonds is 4. The average Bonchev–Trinajstić information content (AvgIpc) is 3.17. The molecule has 2 fully saturated rings. The van der Waals surface area contributed by atoms with Gasteiger partial charge in [0.2, 0.25) is 0 Å². The molecular weight excluding hydrogens is 280 g/mol. The molecular formula is C17H22N2O3. The Labute approximate surface area is 130 Å². The van der Waals surface area contributed by atoms with Crippen LogP contribution in [0.15, 0.2) is 18.2 Å². The standard InChI is InChI=1S/C17H22N2O3/c1-10(13-9-11-6-7-12(13)8-11)18-16(20)14-4-3-5-15(19-14)17(21)22-2/h3-5,10-13H,6-9H2,1-2H3,(H,18,20). The highest BCUT2D eigenvalue weighted by Crippen LogP contribution is 2.49. The van der Waals surface area contributed by atoms with Crippen LogP contribution >= 0.6 is 0 Å². The third-order valence-electron chi connectivity index (χ3n) is 5.17. The van der Waals surface area contributed by atoms with Crippen molar-refractivity contribution in [2.45, 2.75) is 38.6 Å². The topological polar surface area (TPSA) is 68.3 Å². The molecule has 1 aromatic rings. The highest BCUT2D eigenvalue weighted by Gasteiger charge is 2.42. The summed E-state index contributed by atoms with van der Waals surface area (Å²) in [4.78, 5) is 27.9. The number of fused-ring (bicyclic) bond motifs is 2. The number of nitrogens with one attached hydrogen (secondary N) is 1. The van der Waals surface area contributed by atoms with Gasteiger partial charge in [0.05, 0.1) is 7.11 Å². The van der Waals surface area contributed by atoms with Crippen molar-refractivity contribution in [2.24, 2.45) is 17.8 Å². The Bertz CT molecular complexity index is 587. The van der Waals surface area contributed by atoms with Crippen LogP contribution in [0.5, 0.6) is 0 Å². The first kappa shape index (κ1) is 15.0. The molecule has 1 N–H and O–H groups in total. The average molecular weight is 302 g/mol. The summed E-state index contributed by atoms with van der Waals surface area (Å²) < 4.78 is 4.63. The zero-order valence-corrected chi connectivity index (χ0v) is 13.0. The molecule has 4 atom stereocenters. The van der Waals surface area contributed by atoms with Gasteiger partial charge in [-0.3, -0.25) is 4.79 Å². The highest BCUT2D eigenvalue weighted by molar-refractivity contribution is 5.94. The fourth-order valence-electron chi connectivity index (χ4n) is 4.07. The molecule has 5 heteroatoms. The van der Waals surface area contributed by atoms with Gasteiger partial charge >= 0.3 is 5.97 Å². The minimum atomic E-state index is -0.532. The Morgan fingerprint density at radius 2 is 2.05 bits per heavy atom. The van der Waals surface area contributed by atoms with Crippen LogP contribution in [0, 0.1) is 17.8 Å². The molecule has 2 aliphatic rings. The van der Waals surface area contributed by atoms with Crippen LogP contribution in [-0.2, 0) is 4.74 Å². The molecule has 1 aromatic heterocycles. The fraction of sp³-hybridized carbons (Fsp3) is 0.588. The molecule has 5 nitrogen and oxygen atoms in total. The molecule has 0 saturated heterocycles. The molecule has 2 aliphatic carbocycles. The summed E-state index contributed by atoms with van der Waals surface area (Å²) in [5, 5.41) is 3.05. The van der Waals surface area contributed by atoms with Crippen molar-refractivity contribution in [3.63, 3.8) is 0 Å². The van der Waals surface area contributed by atoms with Gasteiger partial charge in [-0.05, 0) is 56.1 Å². The van der Waals surface area contributed by atoms with Crippen LogP contribution in [0.3, 0.4) is 0 Å². The van der Waals surface area contributed by atoms with E-state index in [2.05, 4.69) is 22.0 Å². The maximum atomic E-state index is 12.4. The van der Waals surface area contributed by atoms with E-state index in [-0.39, 0.29) is 23.3 Å². The van der Waals surface area contributed by atoms with Gasteiger partial charge in [-0.2, -0.15) is 0 Å². The monoisotopic (exact) mass is 302 g/mol. The molecule has 2 saturated carbocycles. The number of pyridine rings is 1. The van der Waals surface area contributed by atoms with E-state index in [0.29, 0.717) is 5.92 Å². The first-order valence-electron chi connectivity index (χ1n) is 7.94. The van der Waals surface area contributed by atoms with Gasteiger partial charge in [0.1, 0.15) is 11.4 Å². The Morgan fingerprint density at radius 3 is 2.68 bits per heavy atom. The minimum Gasteiger partial charge on any atom is -0.464 e. The van der Waals surface area contributed by atoms with E-state index in [1.165, 1.54) is 32.8 Å². The van der Waals surface area contributed by atoms with Crippen LogP contribution in [0.4, 0.5) is 0 Å². The molecule has 0 aliphatic heterocycles. The molecule has 0 radical (unpaired) electrons. The van der Waals surface area contributed by atoms with E-state index in [4.69, 9.17) is 0 Å². The van der Waals surface area contributed by atoms with Crippen LogP contribution in [-0.4, -0.2) is 30.0 Å². The van der Waals surface area contributed by atoms with Gasteiger partial charge in [0.15, 0.2) is 0 Å². The largest absolute Gasteiger partial charge is 0.464 e. The third-order valence-corrected chi connectivity index (χ3v) is 5.17. The van der Waals surface area contributed by atoms with E-state index >= 15 is 0 Å². The molecule has 1 heterocycles. The molecule has 0 spiro atoms. The summed E-state index contributed by atoms with van der Waals surface area (Å²) in [5.41, 5.74) is 0.417. The van der Waals surface area contributed by atoms with Gasteiger partial charge in [-0.15, -0.1) is 0 Å². The summed E-state index contributed by atoms with van der Waals surface area (Å²) in [6.45, 7) is 2.08. The number of ether oxygens (including phenoxy) is 1. The van der Waals surface area contributed by atoms with Crippen molar-refractivity contribution >= 4 is 11.9 Å². The Kier molecular flexibility index (Phi) is 4.14. The van der Waals surface area contributed by atoms with Crippen LogP contribution in [0.1, 0.15) is 53.6 Å². The van der Waals surface area contributed by atoms with Crippen molar-refractivity contribution < 1.29 is 14.3 Å². The summed E-state index contributed by atoms with van der Waals surface area (Å²) in [7, 11) is 1.30. The maximum Gasteiger partial charge on any atom is 0.356 e. The van der Waals surface area contributed by atoms with E-state index in [9.17, 15) is 9.59 Å². The van der Waals surface area contributed by atoms with E-state index in [0.717, 1.165) is 11.8 Å².